The monoisotopic (exact) mass is 493 g/mol. The second-order valence-electron chi connectivity index (χ2n) is 10.3. The van der Waals surface area contributed by atoms with Gasteiger partial charge in [0.15, 0.2) is 5.82 Å². The molecule has 11 heteroatoms. The first-order chi connectivity index (χ1) is 17.0. The fraction of sp³-hybridized carbons (Fsp3) is 0.520. The molecule has 0 radical (unpaired) electrons. The third-order valence-electron chi connectivity index (χ3n) is 7.46. The number of amides is 1. The summed E-state index contributed by atoms with van der Waals surface area (Å²) in [7, 11) is 0.506. The summed E-state index contributed by atoms with van der Waals surface area (Å²) in [5.41, 5.74) is 6.00. The van der Waals surface area contributed by atoms with Crippen LogP contribution in [0.1, 0.15) is 80.1 Å². The number of hydrogen-bond acceptors (Lipinski definition) is 8. The van der Waals surface area contributed by atoms with Gasteiger partial charge >= 0.3 is 13.1 Å². The van der Waals surface area contributed by atoms with E-state index in [4.69, 9.17) is 19.8 Å². The van der Waals surface area contributed by atoms with E-state index in [9.17, 15) is 14.9 Å². The van der Waals surface area contributed by atoms with Gasteiger partial charge in [0.1, 0.15) is 5.56 Å². The van der Waals surface area contributed by atoms with Crippen LogP contribution >= 0.6 is 0 Å². The summed E-state index contributed by atoms with van der Waals surface area (Å²) in [4.78, 5) is 24.7. The average molecular weight is 493 g/mol. The summed E-state index contributed by atoms with van der Waals surface area (Å²) >= 11 is 0. The van der Waals surface area contributed by atoms with E-state index in [1.165, 1.54) is 7.11 Å². The molecule has 1 aromatic carbocycles. The van der Waals surface area contributed by atoms with Gasteiger partial charge in [0.2, 0.25) is 0 Å². The first-order valence-electron chi connectivity index (χ1n) is 12.1. The van der Waals surface area contributed by atoms with Crippen LogP contribution in [0.3, 0.4) is 0 Å². The number of benzene rings is 1. The summed E-state index contributed by atoms with van der Waals surface area (Å²) < 4.78 is 19.0. The van der Waals surface area contributed by atoms with Gasteiger partial charge in [0.05, 0.1) is 41.9 Å². The average Bonchev–Trinajstić information content (AvgIpc) is 3.35. The molecule has 1 saturated carbocycles. The molecule has 2 aliphatic rings. The number of esters is 1. The molecule has 0 bridgehead atoms. The van der Waals surface area contributed by atoms with Crippen molar-refractivity contribution < 1.29 is 23.6 Å². The van der Waals surface area contributed by atoms with Crippen molar-refractivity contribution in [1.82, 2.24) is 9.78 Å². The highest BCUT2D eigenvalue weighted by atomic mass is 16.7. The normalized spacial score (nSPS) is 22.6. The van der Waals surface area contributed by atoms with Crippen LogP contribution < -0.4 is 16.5 Å². The van der Waals surface area contributed by atoms with Gasteiger partial charge in [0, 0.05) is 11.9 Å². The first-order valence-corrected chi connectivity index (χ1v) is 12.1. The number of nitrogens with one attached hydrogen (secondary N) is 1. The quantitative estimate of drug-likeness (QED) is 0.462. The number of anilines is 2. The molecule has 36 heavy (non-hydrogen) atoms. The van der Waals surface area contributed by atoms with Gasteiger partial charge in [-0.3, -0.25) is 9.48 Å². The van der Waals surface area contributed by atoms with E-state index >= 15 is 0 Å². The summed E-state index contributed by atoms with van der Waals surface area (Å²) in [6, 6.07) is 7.26. The van der Waals surface area contributed by atoms with E-state index in [0.29, 0.717) is 16.7 Å². The number of hydrogen-bond donors (Lipinski definition) is 2. The lowest BCUT2D eigenvalue weighted by atomic mass is 9.75. The van der Waals surface area contributed by atoms with Crippen molar-refractivity contribution in [2.75, 3.05) is 12.4 Å². The number of aromatic nitrogens is 2. The van der Waals surface area contributed by atoms with E-state index in [1.54, 1.807) is 29.1 Å². The predicted octanol–water partition coefficient (Wildman–Crippen LogP) is 3.07. The first kappa shape index (κ1) is 25.7. The number of carbonyl (C=O) groups excluding carboxylic acids is 2. The van der Waals surface area contributed by atoms with Crippen molar-refractivity contribution in [3.8, 4) is 6.07 Å². The lowest BCUT2D eigenvalue weighted by Crippen LogP contribution is -2.41. The van der Waals surface area contributed by atoms with E-state index in [1.807, 2.05) is 27.7 Å². The van der Waals surface area contributed by atoms with Gasteiger partial charge in [-0.25, -0.2) is 4.79 Å². The number of carbonyl (C=O) groups is 2. The highest BCUT2D eigenvalue weighted by molar-refractivity contribution is 6.63. The maximum Gasteiger partial charge on any atom is 0.495 e. The summed E-state index contributed by atoms with van der Waals surface area (Å²) in [5, 5.41) is 17.3. The second kappa shape index (κ2) is 9.60. The third-order valence-corrected chi connectivity index (χ3v) is 7.46. The number of nitriles is 1. The Balaban J connectivity index is 1.70. The van der Waals surface area contributed by atoms with Gasteiger partial charge in [-0.15, -0.1) is 0 Å². The molecule has 4 rings (SSSR count). The Morgan fingerprint density at radius 1 is 1.19 bits per heavy atom. The Hall–Kier alpha value is -3.36. The number of ether oxygens (including phenoxy) is 1. The summed E-state index contributed by atoms with van der Waals surface area (Å²) in [5.74, 6) is -1.06. The third kappa shape index (κ3) is 4.71. The Morgan fingerprint density at radius 3 is 2.47 bits per heavy atom. The molecule has 2 atom stereocenters. The molecule has 2 aromatic rings. The minimum Gasteiger partial charge on any atom is -0.465 e. The largest absolute Gasteiger partial charge is 0.495 e. The molecule has 2 heterocycles. The Labute approximate surface area is 211 Å². The predicted molar refractivity (Wildman–Crippen MR) is 134 cm³/mol. The molecule has 1 unspecified atom stereocenters. The lowest BCUT2D eigenvalue weighted by molar-refractivity contribution is 0.00578. The fourth-order valence-electron chi connectivity index (χ4n) is 4.65. The van der Waals surface area contributed by atoms with E-state index < -0.39 is 30.2 Å². The molecule has 1 aliphatic heterocycles. The van der Waals surface area contributed by atoms with Crippen LogP contribution in [0.4, 0.5) is 11.5 Å². The number of methoxy groups -OCH3 is 1. The topological polar surface area (TPSA) is 141 Å². The summed E-state index contributed by atoms with van der Waals surface area (Å²) in [6.07, 6.45) is 5.18. The van der Waals surface area contributed by atoms with Gasteiger partial charge in [-0.05, 0) is 64.2 Å². The maximum absolute atomic E-state index is 12.5. The minimum atomic E-state index is -0.808. The highest BCUT2D eigenvalue weighted by Gasteiger charge is 2.52. The van der Waals surface area contributed by atoms with Gasteiger partial charge in [0.25, 0.3) is 5.91 Å². The second-order valence-corrected chi connectivity index (χ2v) is 10.3. The molecule has 190 valence electrons. The number of primary amides is 1. The molecule has 10 nitrogen and oxygen atoms in total. The SMILES string of the molecule is COC(=O)c1ccc(Nc2nn([C@H]3CCCCC3C#N)cc2C(N)=O)cc1B1OC(C)(C)C(C)(C)O1. The Bertz CT molecular complexity index is 1200. The summed E-state index contributed by atoms with van der Waals surface area (Å²) in [6.45, 7) is 7.72. The molecule has 2 fully saturated rings. The van der Waals surface area contributed by atoms with E-state index in [-0.39, 0.29) is 23.3 Å². The molecule has 1 amide bonds. The van der Waals surface area contributed by atoms with Crippen molar-refractivity contribution in [1.29, 1.82) is 5.26 Å². The zero-order valence-electron chi connectivity index (χ0n) is 21.3. The molecule has 3 N–H and O–H groups in total. The fourth-order valence-corrected chi connectivity index (χ4v) is 4.65. The van der Waals surface area contributed by atoms with Gasteiger partial charge in [-0.1, -0.05) is 12.8 Å². The molecular weight excluding hydrogens is 461 g/mol. The standard InChI is InChI=1S/C25H32BN5O5/c1-24(2)25(3,4)36-26(35-24)19-12-16(10-11-17(19)23(33)34-5)29-22-18(21(28)32)14-31(30-22)20-9-7-6-8-15(20)13-27/h10-12,14-15,20H,6-9H2,1-5H3,(H2,28,32)(H,29,30)/t15?,20-/m0/s1. The molecular formula is C25H32BN5O5. The molecule has 1 aliphatic carbocycles. The number of rotatable bonds is 6. The lowest BCUT2D eigenvalue weighted by Gasteiger charge is -2.32. The van der Waals surface area contributed by atoms with Crippen molar-refractivity contribution in [3.63, 3.8) is 0 Å². The van der Waals surface area contributed by atoms with Crippen LogP contribution in [0.2, 0.25) is 0 Å². The van der Waals surface area contributed by atoms with Crippen LogP contribution in [-0.4, -0.2) is 47.1 Å². The van der Waals surface area contributed by atoms with Crippen molar-refractivity contribution in [2.45, 2.75) is 70.6 Å². The zero-order chi connectivity index (χ0) is 26.3. The molecule has 0 spiro atoms. The van der Waals surface area contributed by atoms with Crippen molar-refractivity contribution in [2.24, 2.45) is 11.7 Å². The van der Waals surface area contributed by atoms with Crippen molar-refractivity contribution in [3.05, 3.63) is 35.5 Å². The molecule has 1 aromatic heterocycles. The van der Waals surface area contributed by atoms with Crippen LogP contribution in [0.25, 0.3) is 0 Å². The van der Waals surface area contributed by atoms with Crippen LogP contribution in [0.5, 0.6) is 0 Å². The minimum absolute atomic E-state index is 0.126. The van der Waals surface area contributed by atoms with Crippen LogP contribution in [-0.2, 0) is 14.0 Å². The Morgan fingerprint density at radius 2 is 1.86 bits per heavy atom. The Kier molecular flexibility index (Phi) is 6.86. The number of nitrogens with two attached hydrogens (primary N) is 1. The molecule has 1 saturated heterocycles. The highest BCUT2D eigenvalue weighted by Crippen LogP contribution is 2.37. The van der Waals surface area contributed by atoms with E-state index in [2.05, 4.69) is 16.5 Å². The number of nitrogens with zero attached hydrogens (tertiary/aromatic N) is 3. The van der Waals surface area contributed by atoms with Crippen LogP contribution in [0, 0.1) is 17.2 Å². The van der Waals surface area contributed by atoms with Crippen molar-refractivity contribution >= 4 is 36.0 Å². The van der Waals surface area contributed by atoms with Crippen LogP contribution in [0.15, 0.2) is 24.4 Å². The maximum atomic E-state index is 12.5. The zero-order valence-corrected chi connectivity index (χ0v) is 21.3. The van der Waals surface area contributed by atoms with Gasteiger partial charge in [-0.2, -0.15) is 10.4 Å². The smallest absolute Gasteiger partial charge is 0.465 e. The van der Waals surface area contributed by atoms with Gasteiger partial charge < -0.3 is 25.1 Å². The van der Waals surface area contributed by atoms with E-state index in [0.717, 1.165) is 25.7 Å².